The SMILES string of the molecule is Cc1ccccc1OC(=O)C1OC1C1CCCCC1. The lowest BCUT2D eigenvalue weighted by molar-refractivity contribution is -0.135. The van der Waals surface area contributed by atoms with Crippen molar-refractivity contribution in [3.05, 3.63) is 29.8 Å². The van der Waals surface area contributed by atoms with E-state index in [-0.39, 0.29) is 18.2 Å². The Balaban J connectivity index is 1.56. The molecule has 2 fully saturated rings. The van der Waals surface area contributed by atoms with Gasteiger partial charge in [0.2, 0.25) is 0 Å². The van der Waals surface area contributed by atoms with Gasteiger partial charge in [0, 0.05) is 0 Å². The molecular formula is C16H20O3. The first-order valence-electron chi connectivity index (χ1n) is 7.18. The predicted molar refractivity (Wildman–Crippen MR) is 72.1 cm³/mol. The van der Waals surface area contributed by atoms with Gasteiger partial charge >= 0.3 is 5.97 Å². The van der Waals surface area contributed by atoms with Crippen molar-refractivity contribution in [2.75, 3.05) is 0 Å². The molecule has 0 bridgehead atoms. The molecular weight excluding hydrogens is 240 g/mol. The van der Waals surface area contributed by atoms with Gasteiger partial charge in [0.25, 0.3) is 0 Å². The molecule has 3 rings (SSSR count). The second kappa shape index (κ2) is 5.33. The minimum absolute atomic E-state index is 0.108. The highest BCUT2D eigenvalue weighted by atomic mass is 16.6. The monoisotopic (exact) mass is 260 g/mol. The first-order valence-corrected chi connectivity index (χ1v) is 7.18. The summed E-state index contributed by atoms with van der Waals surface area (Å²) >= 11 is 0. The highest BCUT2D eigenvalue weighted by Crippen LogP contribution is 2.39. The van der Waals surface area contributed by atoms with Gasteiger partial charge in [-0.05, 0) is 37.3 Å². The third kappa shape index (κ3) is 2.81. The lowest BCUT2D eigenvalue weighted by atomic mass is 9.86. The second-order valence-electron chi connectivity index (χ2n) is 5.61. The molecule has 1 aliphatic carbocycles. The Morgan fingerprint density at radius 3 is 2.68 bits per heavy atom. The van der Waals surface area contributed by atoms with Crippen LogP contribution in [-0.2, 0) is 9.53 Å². The van der Waals surface area contributed by atoms with Crippen LogP contribution in [0.2, 0.25) is 0 Å². The number of hydrogen-bond acceptors (Lipinski definition) is 3. The minimum Gasteiger partial charge on any atom is -0.424 e. The Labute approximate surface area is 113 Å². The molecule has 1 aromatic carbocycles. The van der Waals surface area contributed by atoms with Crippen molar-refractivity contribution in [3.8, 4) is 5.75 Å². The maximum atomic E-state index is 12.0. The van der Waals surface area contributed by atoms with Gasteiger partial charge in [-0.1, -0.05) is 37.5 Å². The Morgan fingerprint density at radius 2 is 1.95 bits per heavy atom. The average Bonchev–Trinajstić information content (AvgIpc) is 3.23. The molecule has 2 atom stereocenters. The van der Waals surface area contributed by atoms with E-state index in [0.29, 0.717) is 11.7 Å². The van der Waals surface area contributed by atoms with E-state index < -0.39 is 0 Å². The lowest BCUT2D eigenvalue weighted by Crippen LogP contribution is -2.22. The number of benzene rings is 1. The molecule has 1 saturated heterocycles. The van der Waals surface area contributed by atoms with Crippen LogP contribution in [0.4, 0.5) is 0 Å². The van der Waals surface area contributed by atoms with Gasteiger partial charge in [0.05, 0.1) is 6.10 Å². The molecule has 0 aromatic heterocycles. The quantitative estimate of drug-likeness (QED) is 0.476. The van der Waals surface area contributed by atoms with Gasteiger partial charge in [-0.25, -0.2) is 4.79 Å². The largest absolute Gasteiger partial charge is 0.424 e. The van der Waals surface area contributed by atoms with Crippen molar-refractivity contribution in [1.82, 2.24) is 0 Å². The topological polar surface area (TPSA) is 38.8 Å². The third-order valence-corrected chi connectivity index (χ3v) is 4.18. The van der Waals surface area contributed by atoms with Crippen molar-refractivity contribution in [3.63, 3.8) is 0 Å². The lowest BCUT2D eigenvalue weighted by Gasteiger charge is -2.19. The Hall–Kier alpha value is -1.35. The fraction of sp³-hybridized carbons (Fsp3) is 0.562. The number of rotatable bonds is 3. The van der Waals surface area contributed by atoms with Crippen LogP contribution in [0.1, 0.15) is 37.7 Å². The first kappa shape index (κ1) is 12.7. The molecule has 1 saturated carbocycles. The van der Waals surface area contributed by atoms with Crippen molar-refractivity contribution in [1.29, 1.82) is 0 Å². The number of epoxide rings is 1. The van der Waals surface area contributed by atoms with Crippen LogP contribution >= 0.6 is 0 Å². The summed E-state index contributed by atoms with van der Waals surface area (Å²) in [4.78, 5) is 12.0. The van der Waals surface area contributed by atoms with Gasteiger partial charge in [-0.2, -0.15) is 0 Å². The first-order chi connectivity index (χ1) is 9.25. The van der Waals surface area contributed by atoms with Gasteiger partial charge in [-0.15, -0.1) is 0 Å². The van der Waals surface area contributed by atoms with Crippen LogP contribution in [0.15, 0.2) is 24.3 Å². The van der Waals surface area contributed by atoms with Crippen LogP contribution in [0.25, 0.3) is 0 Å². The molecule has 0 amide bonds. The number of carbonyl (C=O) groups is 1. The van der Waals surface area contributed by atoms with Gasteiger partial charge in [0.1, 0.15) is 5.75 Å². The molecule has 3 nitrogen and oxygen atoms in total. The minimum atomic E-state index is -0.331. The maximum absolute atomic E-state index is 12.0. The molecule has 0 N–H and O–H groups in total. The van der Waals surface area contributed by atoms with E-state index in [9.17, 15) is 4.79 Å². The number of carbonyl (C=O) groups excluding carboxylic acids is 1. The van der Waals surface area contributed by atoms with E-state index in [4.69, 9.17) is 9.47 Å². The molecule has 0 spiro atoms. The predicted octanol–water partition coefficient (Wildman–Crippen LogP) is 3.25. The zero-order valence-electron chi connectivity index (χ0n) is 11.3. The number of ether oxygens (including phenoxy) is 2. The standard InChI is InChI=1S/C16H20O3/c1-11-7-5-6-10-13(11)18-16(17)15-14(19-15)12-8-3-2-4-9-12/h5-7,10,12,14-15H,2-4,8-9H2,1H3. The average molecular weight is 260 g/mol. The van der Waals surface area contributed by atoms with E-state index in [0.717, 1.165) is 5.56 Å². The van der Waals surface area contributed by atoms with E-state index in [1.807, 2.05) is 31.2 Å². The zero-order valence-corrected chi connectivity index (χ0v) is 11.3. The molecule has 102 valence electrons. The third-order valence-electron chi connectivity index (χ3n) is 4.18. The normalized spacial score (nSPS) is 27.0. The van der Waals surface area contributed by atoms with Crippen LogP contribution < -0.4 is 4.74 Å². The van der Waals surface area contributed by atoms with Gasteiger partial charge in [0.15, 0.2) is 6.10 Å². The summed E-state index contributed by atoms with van der Waals surface area (Å²) in [5, 5.41) is 0. The highest BCUT2D eigenvalue weighted by molar-refractivity contribution is 5.80. The van der Waals surface area contributed by atoms with E-state index in [1.54, 1.807) is 0 Å². The van der Waals surface area contributed by atoms with Crippen molar-refractivity contribution in [2.24, 2.45) is 5.92 Å². The van der Waals surface area contributed by atoms with Crippen LogP contribution in [0, 0.1) is 12.8 Å². The Morgan fingerprint density at radius 1 is 1.21 bits per heavy atom. The fourth-order valence-corrected chi connectivity index (χ4v) is 2.97. The van der Waals surface area contributed by atoms with Gasteiger partial charge in [-0.3, -0.25) is 0 Å². The highest BCUT2D eigenvalue weighted by Gasteiger charge is 2.50. The summed E-state index contributed by atoms with van der Waals surface area (Å²) in [5.74, 6) is 0.971. The zero-order chi connectivity index (χ0) is 13.2. The summed E-state index contributed by atoms with van der Waals surface area (Å²) in [7, 11) is 0. The van der Waals surface area contributed by atoms with Crippen LogP contribution in [-0.4, -0.2) is 18.2 Å². The van der Waals surface area contributed by atoms with E-state index in [1.165, 1.54) is 32.1 Å². The van der Waals surface area contributed by atoms with Gasteiger partial charge < -0.3 is 9.47 Å². The summed E-state index contributed by atoms with van der Waals surface area (Å²) in [6, 6.07) is 7.58. The molecule has 1 heterocycles. The van der Waals surface area contributed by atoms with Crippen molar-refractivity contribution < 1.29 is 14.3 Å². The molecule has 1 aliphatic heterocycles. The van der Waals surface area contributed by atoms with Crippen molar-refractivity contribution in [2.45, 2.75) is 51.2 Å². The maximum Gasteiger partial charge on any atom is 0.343 e. The molecule has 2 unspecified atom stereocenters. The molecule has 1 aromatic rings. The number of esters is 1. The number of para-hydroxylation sites is 1. The van der Waals surface area contributed by atoms with Crippen molar-refractivity contribution >= 4 is 5.97 Å². The molecule has 19 heavy (non-hydrogen) atoms. The summed E-state index contributed by atoms with van der Waals surface area (Å²) < 4.78 is 11.0. The molecule has 0 radical (unpaired) electrons. The Kier molecular flexibility index (Phi) is 3.56. The Bertz CT molecular complexity index is 463. The van der Waals surface area contributed by atoms with E-state index in [2.05, 4.69) is 0 Å². The fourth-order valence-electron chi connectivity index (χ4n) is 2.97. The number of aryl methyl sites for hydroxylation is 1. The van der Waals surface area contributed by atoms with Crippen LogP contribution in [0.5, 0.6) is 5.75 Å². The second-order valence-corrected chi connectivity index (χ2v) is 5.61. The smallest absolute Gasteiger partial charge is 0.343 e. The summed E-state index contributed by atoms with van der Waals surface area (Å²) in [5.41, 5.74) is 0.978. The van der Waals surface area contributed by atoms with Crippen LogP contribution in [0.3, 0.4) is 0 Å². The molecule has 3 heteroatoms. The van der Waals surface area contributed by atoms with E-state index >= 15 is 0 Å². The summed E-state index contributed by atoms with van der Waals surface area (Å²) in [6.45, 7) is 1.94. The molecule has 2 aliphatic rings. The summed E-state index contributed by atoms with van der Waals surface area (Å²) in [6.07, 6.45) is 6.02. The number of hydrogen-bond donors (Lipinski definition) is 0.